The molecule has 0 aromatic carbocycles. The molecule has 0 spiro atoms. The molecule has 12 heavy (non-hydrogen) atoms. The van der Waals surface area contributed by atoms with Crippen LogP contribution in [0.4, 0.5) is 0 Å². The molecule has 64 valence electrons. The number of nitrogens with zero attached hydrogens (tertiary/aromatic N) is 1. The summed E-state index contributed by atoms with van der Waals surface area (Å²) in [5.74, 6) is -0.939. The minimum atomic E-state index is -0.939. The molecule has 0 atom stereocenters. The summed E-state index contributed by atoms with van der Waals surface area (Å²) in [5, 5.41) is 8.67. The van der Waals surface area contributed by atoms with Crippen molar-refractivity contribution in [2.45, 2.75) is 0 Å². The molecule has 0 aromatic rings. The van der Waals surface area contributed by atoms with Crippen molar-refractivity contribution in [2.75, 3.05) is 7.05 Å². The molecule has 3 nitrogen and oxygen atoms in total. The Morgan fingerprint density at radius 1 is 1.75 bits per heavy atom. The molecule has 0 aliphatic carbocycles. The van der Waals surface area contributed by atoms with Gasteiger partial charge in [0.25, 0.3) is 0 Å². The van der Waals surface area contributed by atoms with Gasteiger partial charge < -0.3 is 10.0 Å². The maximum absolute atomic E-state index is 10.6. The van der Waals surface area contributed by atoms with Gasteiger partial charge in [0.05, 0.1) is 5.57 Å². The average molecular weight is 230 g/mol. The molecule has 0 saturated carbocycles. The second kappa shape index (κ2) is 3.15. The summed E-state index contributed by atoms with van der Waals surface area (Å²) in [6, 6.07) is 0. The maximum atomic E-state index is 10.6. The predicted octanol–water partition coefficient (Wildman–Crippen LogP) is 1.69. The summed E-state index contributed by atoms with van der Waals surface area (Å²) < 4.78 is 0.699. The molecular formula is C8H8BrNO2. The molecule has 1 N–H and O–H groups in total. The van der Waals surface area contributed by atoms with Gasteiger partial charge in [0.1, 0.15) is 0 Å². The van der Waals surface area contributed by atoms with Gasteiger partial charge in [-0.05, 0) is 22.0 Å². The standard InChI is InChI=1S/C8H8BrNO2/c1-5-7(9)3-6(8(11)12)4-10(5)2/h3-4H,1H2,2H3,(H,11,12). The van der Waals surface area contributed by atoms with E-state index in [0.29, 0.717) is 4.48 Å². The highest BCUT2D eigenvalue weighted by Gasteiger charge is 2.15. The van der Waals surface area contributed by atoms with Crippen molar-refractivity contribution in [3.63, 3.8) is 0 Å². The van der Waals surface area contributed by atoms with Gasteiger partial charge >= 0.3 is 5.97 Å². The Bertz CT molecular complexity index is 304. The van der Waals surface area contributed by atoms with E-state index < -0.39 is 5.97 Å². The van der Waals surface area contributed by atoms with E-state index in [4.69, 9.17) is 5.11 Å². The molecule has 1 aliphatic rings. The van der Waals surface area contributed by atoms with Crippen molar-refractivity contribution in [3.8, 4) is 0 Å². The van der Waals surface area contributed by atoms with Gasteiger partial charge in [0.15, 0.2) is 0 Å². The summed E-state index contributed by atoms with van der Waals surface area (Å²) >= 11 is 3.22. The fourth-order valence-corrected chi connectivity index (χ4v) is 1.36. The first-order valence-corrected chi connectivity index (χ1v) is 4.06. The molecule has 0 radical (unpaired) electrons. The van der Waals surface area contributed by atoms with Crippen LogP contribution in [0.25, 0.3) is 0 Å². The zero-order chi connectivity index (χ0) is 9.30. The number of hydrogen-bond donors (Lipinski definition) is 1. The molecule has 4 heteroatoms. The second-order valence-corrected chi connectivity index (χ2v) is 3.29. The summed E-state index contributed by atoms with van der Waals surface area (Å²) in [6.45, 7) is 3.74. The minimum Gasteiger partial charge on any atom is -0.478 e. The fourth-order valence-electron chi connectivity index (χ4n) is 0.829. The Morgan fingerprint density at radius 2 is 2.33 bits per heavy atom. The highest BCUT2D eigenvalue weighted by Crippen LogP contribution is 2.25. The molecule has 1 rings (SSSR count). The van der Waals surface area contributed by atoms with E-state index >= 15 is 0 Å². The van der Waals surface area contributed by atoms with Crippen molar-refractivity contribution in [1.82, 2.24) is 4.90 Å². The average Bonchev–Trinajstić information content (AvgIpc) is 1.99. The molecule has 1 aliphatic heterocycles. The van der Waals surface area contributed by atoms with Crippen LogP contribution in [0.5, 0.6) is 0 Å². The Kier molecular flexibility index (Phi) is 2.38. The van der Waals surface area contributed by atoms with Crippen molar-refractivity contribution in [1.29, 1.82) is 0 Å². The third-order valence-electron chi connectivity index (χ3n) is 1.56. The van der Waals surface area contributed by atoms with Crippen LogP contribution in [0.15, 0.2) is 34.6 Å². The smallest absolute Gasteiger partial charge is 0.337 e. The topological polar surface area (TPSA) is 40.5 Å². The first-order chi connectivity index (χ1) is 5.52. The summed E-state index contributed by atoms with van der Waals surface area (Å²) in [5.41, 5.74) is 0.997. The number of allylic oxidation sites excluding steroid dienone is 1. The monoisotopic (exact) mass is 229 g/mol. The van der Waals surface area contributed by atoms with Crippen molar-refractivity contribution >= 4 is 21.9 Å². The van der Waals surface area contributed by atoms with Crippen LogP contribution in [-0.4, -0.2) is 23.0 Å². The van der Waals surface area contributed by atoms with E-state index in [1.165, 1.54) is 12.3 Å². The van der Waals surface area contributed by atoms with Crippen LogP contribution < -0.4 is 0 Å². The molecular weight excluding hydrogens is 222 g/mol. The highest BCUT2D eigenvalue weighted by atomic mass is 79.9. The van der Waals surface area contributed by atoms with Crippen molar-refractivity contribution < 1.29 is 9.90 Å². The van der Waals surface area contributed by atoms with Gasteiger partial charge in [0.2, 0.25) is 0 Å². The van der Waals surface area contributed by atoms with E-state index in [1.807, 2.05) is 0 Å². The number of likely N-dealkylation sites (N-methyl/N-ethyl adjacent to an activating group) is 1. The molecule has 1 heterocycles. The lowest BCUT2D eigenvalue weighted by Gasteiger charge is -2.21. The van der Waals surface area contributed by atoms with Crippen LogP contribution in [-0.2, 0) is 4.79 Å². The zero-order valence-electron chi connectivity index (χ0n) is 6.54. The van der Waals surface area contributed by atoms with E-state index in [9.17, 15) is 4.79 Å². The zero-order valence-corrected chi connectivity index (χ0v) is 8.13. The quantitative estimate of drug-likeness (QED) is 0.745. The lowest BCUT2D eigenvalue weighted by atomic mass is 10.2. The summed E-state index contributed by atoms with van der Waals surface area (Å²) in [7, 11) is 1.75. The van der Waals surface area contributed by atoms with Gasteiger partial charge in [-0.3, -0.25) is 0 Å². The number of halogens is 1. The first-order valence-electron chi connectivity index (χ1n) is 3.27. The fraction of sp³-hybridized carbons (Fsp3) is 0.125. The van der Waals surface area contributed by atoms with Gasteiger partial charge in [-0.2, -0.15) is 0 Å². The lowest BCUT2D eigenvalue weighted by Crippen LogP contribution is -2.16. The van der Waals surface area contributed by atoms with Crippen LogP contribution in [0.2, 0.25) is 0 Å². The third kappa shape index (κ3) is 1.58. The normalized spacial score (nSPS) is 17.2. The predicted molar refractivity (Wildman–Crippen MR) is 49.6 cm³/mol. The van der Waals surface area contributed by atoms with E-state index in [0.717, 1.165) is 5.70 Å². The Hall–Kier alpha value is -1.03. The SMILES string of the molecule is C=C1C(Br)=CC(C(=O)O)=CN1C. The van der Waals surface area contributed by atoms with E-state index in [1.54, 1.807) is 11.9 Å². The van der Waals surface area contributed by atoms with Gasteiger partial charge in [0, 0.05) is 23.4 Å². The van der Waals surface area contributed by atoms with Crippen LogP contribution >= 0.6 is 15.9 Å². The Labute approximate surface area is 78.8 Å². The number of carboxylic acid groups (broad SMARTS) is 1. The molecule has 0 bridgehead atoms. The molecule has 0 amide bonds. The van der Waals surface area contributed by atoms with Crippen LogP contribution in [0, 0.1) is 0 Å². The maximum Gasteiger partial charge on any atom is 0.337 e. The molecule has 0 unspecified atom stereocenters. The summed E-state index contributed by atoms with van der Waals surface area (Å²) in [4.78, 5) is 12.2. The Morgan fingerprint density at radius 3 is 2.75 bits per heavy atom. The van der Waals surface area contributed by atoms with Crippen molar-refractivity contribution in [3.05, 3.63) is 34.6 Å². The van der Waals surface area contributed by atoms with E-state index in [2.05, 4.69) is 22.5 Å². The number of carboxylic acids is 1. The largest absolute Gasteiger partial charge is 0.478 e. The number of hydrogen-bond acceptors (Lipinski definition) is 2. The van der Waals surface area contributed by atoms with Gasteiger partial charge in [-0.25, -0.2) is 4.79 Å². The number of carbonyl (C=O) groups is 1. The van der Waals surface area contributed by atoms with Crippen LogP contribution in [0.3, 0.4) is 0 Å². The lowest BCUT2D eigenvalue weighted by molar-refractivity contribution is -0.132. The first kappa shape index (κ1) is 9.06. The van der Waals surface area contributed by atoms with Crippen molar-refractivity contribution in [2.24, 2.45) is 0 Å². The molecule has 0 saturated heterocycles. The minimum absolute atomic E-state index is 0.247. The molecule has 0 fully saturated rings. The Balaban J connectivity index is 3.03. The van der Waals surface area contributed by atoms with Gasteiger partial charge in [-0.1, -0.05) is 6.58 Å². The molecule has 0 aromatic heterocycles. The highest BCUT2D eigenvalue weighted by molar-refractivity contribution is 9.12. The van der Waals surface area contributed by atoms with E-state index in [-0.39, 0.29) is 5.57 Å². The van der Waals surface area contributed by atoms with Crippen LogP contribution in [0.1, 0.15) is 0 Å². The third-order valence-corrected chi connectivity index (χ3v) is 2.25. The second-order valence-electron chi connectivity index (χ2n) is 2.44. The summed E-state index contributed by atoms with van der Waals surface area (Å²) in [6.07, 6.45) is 3.06. The van der Waals surface area contributed by atoms with Gasteiger partial charge in [-0.15, -0.1) is 0 Å². The number of aliphatic carboxylic acids is 1. The number of rotatable bonds is 1.